The number of aryl methyl sites for hydroxylation is 1. The quantitative estimate of drug-likeness (QED) is 0.346. The molecule has 0 unspecified atom stereocenters. The summed E-state index contributed by atoms with van der Waals surface area (Å²) in [7, 11) is -2.59. The maximum absolute atomic E-state index is 13.2. The molecule has 0 atom stereocenters. The number of aromatic nitrogens is 2. The summed E-state index contributed by atoms with van der Waals surface area (Å²) in [5.41, 5.74) is 2.16. The molecule has 0 aliphatic carbocycles. The lowest BCUT2D eigenvalue weighted by Gasteiger charge is -2.29. The summed E-state index contributed by atoms with van der Waals surface area (Å²) in [5.74, 6) is -1.20. The number of sulfonamides is 1. The standard InChI is InChI=1S/C29H28N4O6S/c1-20-27(28(35)33(31(20)2)23-13-4-3-5-14-23)30-40(37,38)24-15-8-11-22(18-24)29(36)39-19-26(34)32-17-9-12-21-10-6-7-16-25(21)32/h3-8,10-11,13-16,18,30H,9,12,17,19H2,1-2H3. The summed E-state index contributed by atoms with van der Waals surface area (Å²) in [4.78, 5) is 40.1. The van der Waals surface area contributed by atoms with E-state index in [0.29, 0.717) is 17.9 Å². The molecule has 5 rings (SSSR count). The minimum Gasteiger partial charge on any atom is -0.452 e. The topological polar surface area (TPSA) is 120 Å². The van der Waals surface area contributed by atoms with Crippen LogP contribution in [0.15, 0.2) is 88.6 Å². The van der Waals surface area contributed by atoms with Gasteiger partial charge in [0.05, 0.1) is 21.8 Å². The molecule has 0 saturated carbocycles. The number of hydrogen-bond donors (Lipinski definition) is 1. The fraction of sp³-hybridized carbons (Fsp3) is 0.207. The van der Waals surface area contributed by atoms with E-state index in [4.69, 9.17) is 4.74 Å². The molecule has 3 aromatic carbocycles. The second-order valence-corrected chi connectivity index (χ2v) is 11.1. The Kier molecular flexibility index (Phi) is 7.31. The molecule has 1 aliphatic heterocycles. The SMILES string of the molecule is Cc1c(NS(=O)(=O)c2cccc(C(=O)OCC(=O)N3CCCc4ccccc43)c2)c(=O)n(-c2ccccc2)n1C. The number of carbonyl (C=O) groups excluding carboxylic acids is 2. The summed E-state index contributed by atoms with van der Waals surface area (Å²) in [6, 6.07) is 21.7. The van der Waals surface area contributed by atoms with Gasteiger partial charge in [0.25, 0.3) is 21.5 Å². The normalized spacial score (nSPS) is 13.0. The van der Waals surface area contributed by atoms with Gasteiger partial charge in [0, 0.05) is 19.3 Å². The number of para-hydroxylation sites is 2. The van der Waals surface area contributed by atoms with Gasteiger partial charge in [0.1, 0.15) is 5.69 Å². The Morgan fingerprint density at radius 2 is 1.70 bits per heavy atom. The van der Waals surface area contributed by atoms with Crippen LogP contribution in [0.4, 0.5) is 11.4 Å². The lowest BCUT2D eigenvalue weighted by molar-refractivity contribution is -0.121. The zero-order chi connectivity index (χ0) is 28.4. The zero-order valence-corrected chi connectivity index (χ0v) is 22.8. The number of rotatable bonds is 7. The molecule has 0 bridgehead atoms. The van der Waals surface area contributed by atoms with Crippen LogP contribution in [-0.2, 0) is 33.0 Å². The summed E-state index contributed by atoms with van der Waals surface area (Å²) < 4.78 is 37.0. The van der Waals surface area contributed by atoms with Gasteiger partial charge in [-0.15, -0.1) is 0 Å². The molecule has 1 N–H and O–H groups in total. The lowest BCUT2D eigenvalue weighted by atomic mass is 10.0. The molecule has 0 radical (unpaired) electrons. The number of benzene rings is 3. The predicted molar refractivity (Wildman–Crippen MR) is 150 cm³/mol. The molecule has 0 spiro atoms. The minimum absolute atomic E-state index is 0.0406. The van der Waals surface area contributed by atoms with Gasteiger partial charge in [-0.2, -0.15) is 0 Å². The van der Waals surface area contributed by atoms with Crippen molar-refractivity contribution in [3.8, 4) is 5.69 Å². The van der Waals surface area contributed by atoms with Crippen LogP contribution in [-0.4, -0.2) is 42.8 Å². The van der Waals surface area contributed by atoms with E-state index in [9.17, 15) is 22.8 Å². The molecule has 40 heavy (non-hydrogen) atoms. The van der Waals surface area contributed by atoms with E-state index in [1.54, 1.807) is 47.8 Å². The average molecular weight is 561 g/mol. The fourth-order valence-electron chi connectivity index (χ4n) is 4.75. The summed E-state index contributed by atoms with van der Waals surface area (Å²) >= 11 is 0. The first-order valence-electron chi connectivity index (χ1n) is 12.7. The van der Waals surface area contributed by atoms with Gasteiger partial charge < -0.3 is 9.64 Å². The molecule has 4 aromatic rings. The Bertz CT molecular complexity index is 1760. The molecule has 1 aromatic heterocycles. The third-order valence-electron chi connectivity index (χ3n) is 6.91. The molecular weight excluding hydrogens is 532 g/mol. The van der Waals surface area contributed by atoms with Crippen molar-refractivity contribution < 1.29 is 22.7 Å². The van der Waals surface area contributed by atoms with Gasteiger partial charge in [-0.25, -0.2) is 17.9 Å². The van der Waals surface area contributed by atoms with Crippen molar-refractivity contribution in [3.05, 3.63) is 106 Å². The number of esters is 1. The van der Waals surface area contributed by atoms with E-state index in [-0.39, 0.29) is 22.1 Å². The number of nitrogens with one attached hydrogen (secondary N) is 1. The zero-order valence-electron chi connectivity index (χ0n) is 22.0. The smallest absolute Gasteiger partial charge is 0.338 e. The van der Waals surface area contributed by atoms with Crippen LogP contribution in [0.25, 0.3) is 5.69 Å². The van der Waals surface area contributed by atoms with Crippen molar-refractivity contribution in [1.82, 2.24) is 9.36 Å². The van der Waals surface area contributed by atoms with Crippen LogP contribution in [0.3, 0.4) is 0 Å². The first-order chi connectivity index (χ1) is 19.2. The number of anilines is 2. The number of carbonyl (C=O) groups is 2. The number of hydrogen-bond acceptors (Lipinski definition) is 6. The molecule has 0 saturated heterocycles. The number of fused-ring (bicyclic) bond motifs is 1. The average Bonchev–Trinajstić information content (AvgIpc) is 3.18. The minimum atomic E-state index is -4.24. The molecule has 10 nitrogen and oxygen atoms in total. The number of ether oxygens (including phenoxy) is 1. The molecule has 1 aliphatic rings. The molecular formula is C29H28N4O6S. The second kappa shape index (κ2) is 10.9. The summed E-state index contributed by atoms with van der Waals surface area (Å²) in [5, 5.41) is 0. The Labute approximate surface area is 231 Å². The maximum Gasteiger partial charge on any atom is 0.338 e. The van der Waals surface area contributed by atoms with Crippen molar-refractivity contribution in [1.29, 1.82) is 0 Å². The van der Waals surface area contributed by atoms with Crippen molar-refractivity contribution in [2.45, 2.75) is 24.7 Å². The highest BCUT2D eigenvalue weighted by molar-refractivity contribution is 7.92. The Balaban J connectivity index is 1.32. The largest absolute Gasteiger partial charge is 0.452 e. The predicted octanol–water partition coefficient (Wildman–Crippen LogP) is 3.42. The van der Waals surface area contributed by atoms with Crippen LogP contribution in [0.5, 0.6) is 0 Å². The van der Waals surface area contributed by atoms with Crippen LogP contribution >= 0.6 is 0 Å². The Hall–Kier alpha value is -4.64. The van der Waals surface area contributed by atoms with Gasteiger partial charge in [-0.05, 0) is 61.7 Å². The first-order valence-corrected chi connectivity index (χ1v) is 14.2. The van der Waals surface area contributed by atoms with E-state index in [0.717, 1.165) is 30.2 Å². The number of nitrogens with zero attached hydrogens (tertiary/aromatic N) is 3. The number of amides is 1. The van der Waals surface area contributed by atoms with Crippen LogP contribution in [0.1, 0.15) is 28.0 Å². The lowest BCUT2D eigenvalue weighted by Crippen LogP contribution is -2.38. The summed E-state index contributed by atoms with van der Waals surface area (Å²) in [6.07, 6.45) is 1.68. The van der Waals surface area contributed by atoms with Crippen LogP contribution in [0, 0.1) is 6.92 Å². The van der Waals surface area contributed by atoms with Crippen molar-refractivity contribution in [3.63, 3.8) is 0 Å². The molecule has 0 fully saturated rings. The van der Waals surface area contributed by atoms with E-state index in [1.165, 1.54) is 22.9 Å². The van der Waals surface area contributed by atoms with Gasteiger partial charge in [0.2, 0.25) is 0 Å². The van der Waals surface area contributed by atoms with Crippen LogP contribution in [0.2, 0.25) is 0 Å². The highest BCUT2D eigenvalue weighted by Gasteiger charge is 2.25. The second-order valence-electron chi connectivity index (χ2n) is 9.42. The van der Waals surface area contributed by atoms with E-state index in [1.807, 2.05) is 30.3 Å². The third kappa shape index (κ3) is 5.15. The van der Waals surface area contributed by atoms with E-state index in [2.05, 4.69) is 4.72 Å². The third-order valence-corrected chi connectivity index (χ3v) is 8.26. The van der Waals surface area contributed by atoms with E-state index >= 15 is 0 Å². The molecule has 2 heterocycles. The molecule has 11 heteroatoms. The highest BCUT2D eigenvalue weighted by atomic mass is 32.2. The van der Waals surface area contributed by atoms with Gasteiger partial charge in [-0.3, -0.25) is 19.0 Å². The van der Waals surface area contributed by atoms with Crippen molar-refractivity contribution in [2.75, 3.05) is 22.8 Å². The Morgan fingerprint density at radius 3 is 2.48 bits per heavy atom. The van der Waals surface area contributed by atoms with Gasteiger partial charge in [0.15, 0.2) is 6.61 Å². The molecule has 1 amide bonds. The monoisotopic (exact) mass is 560 g/mol. The highest BCUT2D eigenvalue weighted by Crippen LogP contribution is 2.27. The first kappa shape index (κ1) is 26.9. The van der Waals surface area contributed by atoms with Crippen molar-refractivity contribution >= 4 is 33.3 Å². The fourth-order valence-corrected chi connectivity index (χ4v) is 5.91. The van der Waals surface area contributed by atoms with E-state index < -0.39 is 28.2 Å². The molecule has 206 valence electrons. The summed E-state index contributed by atoms with van der Waals surface area (Å²) in [6.45, 7) is 1.67. The van der Waals surface area contributed by atoms with Gasteiger partial charge in [-0.1, -0.05) is 42.5 Å². The van der Waals surface area contributed by atoms with Crippen molar-refractivity contribution in [2.24, 2.45) is 7.05 Å². The van der Waals surface area contributed by atoms with Gasteiger partial charge >= 0.3 is 5.97 Å². The Morgan fingerprint density at radius 1 is 0.975 bits per heavy atom. The van der Waals surface area contributed by atoms with Crippen LogP contribution < -0.4 is 15.2 Å². The maximum atomic E-state index is 13.2.